The maximum absolute atomic E-state index is 10.2. The van der Waals surface area contributed by atoms with Gasteiger partial charge in [0.25, 0.3) is 0 Å². The lowest BCUT2D eigenvalue weighted by molar-refractivity contribution is 0.275. The number of ether oxygens (including phenoxy) is 1. The van der Waals surface area contributed by atoms with Crippen molar-refractivity contribution in [1.82, 2.24) is 0 Å². The van der Waals surface area contributed by atoms with Gasteiger partial charge in [-0.15, -0.1) is 0 Å². The minimum atomic E-state index is 0.218. The monoisotopic (exact) mass is 242 g/mol. The van der Waals surface area contributed by atoms with E-state index in [1.807, 2.05) is 19.1 Å². The van der Waals surface area contributed by atoms with Crippen LogP contribution in [-0.2, 0) is 0 Å². The molecule has 94 valence electrons. The molecule has 0 aromatic heterocycles. The van der Waals surface area contributed by atoms with E-state index in [1.54, 1.807) is 0 Å². The zero-order valence-corrected chi connectivity index (χ0v) is 10.9. The highest BCUT2D eigenvalue weighted by molar-refractivity contribution is 5.54. The number of hydrogen-bond donors (Lipinski definition) is 1. The summed E-state index contributed by atoms with van der Waals surface area (Å²) < 4.78 is 5.81. The van der Waals surface area contributed by atoms with Crippen molar-refractivity contribution in [2.45, 2.75) is 32.6 Å². The summed E-state index contributed by atoms with van der Waals surface area (Å²) in [6.07, 6.45) is 4.40. The normalized spacial score (nSPS) is 25.9. The Hall–Kier alpha value is -1.70. The quantitative estimate of drug-likeness (QED) is 0.695. The smallest absolute Gasteiger partial charge is 0.134 e. The Morgan fingerprint density at radius 3 is 2.89 bits per heavy atom. The number of phenols is 1. The first-order valence-corrected chi connectivity index (χ1v) is 6.43. The summed E-state index contributed by atoms with van der Waals surface area (Å²) in [4.78, 5) is 0. The van der Waals surface area contributed by atoms with Gasteiger partial charge in [-0.3, -0.25) is 0 Å². The van der Waals surface area contributed by atoms with E-state index in [2.05, 4.69) is 19.6 Å². The van der Waals surface area contributed by atoms with Crippen LogP contribution in [0.5, 0.6) is 11.5 Å². The topological polar surface area (TPSA) is 29.5 Å². The van der Waals surface area contributed by atoms with Gasteiger partial charge in [-0.1, -0.05) is 18.2 Å². The highest BCUT2D eigenvalue weighted by Crippen LogP contribution is 2.50. The van der Waals surface area contributed by atoms with Gasteiger partial charge in [0.05, 0.1) is 0 Å². The van der Waals surface area contributed by atoms with Crippen molar-refractivity contribution in [2.75, 3.05) is 0 Å². The lowest BCUT2D eigenvalue weighted by atomic mass is 9.74. The van der Waals surface area contributed by atoms with E-state index in [0.29, 0.717) is 11.7 Å². The Morgan fingerprint density at radius 2 is 2.11 bits per heavy atom. The number of fused-ring (bicyclic) bond motifs is 3. The standard InChI is InChI=1S/C16H18O2/c1-9-4-5-12-11(3)18-15-8-10(2)7-14(17)16(15)13(12)6-9/h6-8,12-13,17H,3-5H2,1-2H3/t12-,13+/m0/s1. The summed E-state index contributed by atoms with van der Waals surface area (Å²) in [6.45, 7) is 8.16. The highest BCUT2D eigenvalue weighted by Gasteiger charge is 2.36. The molecule has 1 aliphatic heterocycles. The molecule has 2 aliphatic rings. The molecular formula is C16H18O2. The second-order valence-electron chi connectivity index (χ2n) is 5.45. The molecule has 1 aliphatic carbocycles. The average molecular weight is 242 g/mol. The lowest BCUT2D eigenvalue weighted by Gasteiger charge is -2.36. The SMILES string of the molecule is C=C1Oc2cc(C)cc(O)c2[C@@H]2C=C(C)CC[C@@H]12. The van der Waals surface area contributed by atoms with Crippen LogP contribution in [-0.4, -0.2) is 5.11 Å². The van der Waals surface area contributed by atoms with Crippen molar-refractivity contribution in [2.24, 2.45) is 5.92 Å². The van der Waals surface area contributed by atoms with Crippen LogP contribution in [0, 0.1) is 12.8 Å². The Labute approximate surface area is 108 Å². The molecule has 2 nitrogen and oxygen atoms in total. The summed E-state index contributed by atoms with van der Waals surface area (Å²) in [7, 11) is 0. The third-order valence-electron chi connectivity index (χ3n) is 4.00. The van der Waals surface area contributed by atoms with Crippen LogP contribution in [0.2, 0.25) is 0 Å². The van der Waals surface area contributed by atoms with Gasteiger partial charge in [-0.2, -0.15) is 0 Å². The number of hydrogen-bond acceptors (Lipinski definition) is 2. The molecule has 0 bridgehead atoms. The Kier molecular flexibility index (Phi) is 2.47. The number of aromatic hydroxyl groups is 1. The zero-order chi connectivity index (χ0) is 12.9. The van der Waals surface area contributed by atoms with E-state index in [1.165, 1.54) is 5.57 Å². The Morgan fingerprint density at radius 1 is 1.33 bits per heavy atom. The molecule has 2 heteroatoms. The molecule has 3 rings (SSSR count). The molecule has 2 atom stereocenters. The fraction of sp³-hybridized carbons (Fsp3) is 0.375. The van der Waals surface area contributed by atoms with E-state index >= 15 is 0 Å². The molecule has 1 aromatic carbocycles. The summed E-state index contributed by atoms with van der Waals surface area (Å²) in [6, 6.07) is 3.79. The fourth-order valence-electron chi connectivity index (χ4n) is 3.10. The molecule has 18 heavy (non-hydrogen) atoms. The third kappa shape index (κ3) is 1.64. The van der Waals surface area contributed by atoms with Gasteiger partial charge < -0.3 is 9.84 Å². The number of benzene rings is 1. The molecule has 0 fully saturated rings. The number of phenolic OH excluding ortho intramolecular Hbond substituents is 1. The maximum atomic E-state index is 10.2. The second-order valence-corrected chi connectivity index (χ2v) is 5.45. The molecule has 1 N–H and O–H groups in total. The molecule has 1 heterocycles. The summed E-state index contributed by atoms with van der Waals surface area (Å²) in [5.41, 5.74) is 3.32. The van der Waals surface area contributed by atoms with Crippen molar-refractivity contribution in [3.05, 3.63) is 47.2 Å². The van der Waals surface area contributed by atoms with Crippen molar-refractivity contribution < 1.29 is 9.84 Å². The Bertz CT molecular complexity index is 554. The number of allylic oxidation sites excluding steroid dienone is 3. The van der Waals surface area contributed by atoms with Gasteiger partial charge in [-0.25, -0.2) is 0 Å². The molecule has 0 radical (unpaired) electrons. The van der Waals surface area contributed by atoms with Gasteiger partial charge in [0.2, 0.25) is 0 Å². The van der Waals surface area contributed by atoms with Crippen LogP contribution in [0.15, 0.2) is 36.1 Å². The van der Waals surface area contributed by atoms with Crippen LogP contribution in [0.25, 0.3) is 0 Å². The first-order valence-electron chi connectivity index (χ1n) is 6.43. The van der Waals surface area contributed by atoms with E-state index < -0.39 is 0 Å². The van der Waals surface area contributed by atoms with Crippen molar-refractivity contribution >= 4 is 0 Å². The van der Waals surface area contributed by atoms with Crippen molar-refractivity contribution in [3.63, 3.8) is 0 Å². The zero-order valence-electron chi connectivity index (χ0n) is 10.9. The molecule has 0 amide bonds. The largest absolute Gasteiger partial charge is 0.507 e. The van der Waals surface area contributed by atoms with Gasteiger partial charge >= 0.3 is 0 Å². The van der Waals surface area contributed by atoms with Gasteiger partial charge in [0, 0.05) is 17.4 Å². The lowest BCUT2D eigenvalue weighted by Crippen LogP contribution is -2.25. The van der Waals surface area contributed by atoms with E-state index in [0.717, 1.165) is 35.5 Å². The minimum Gasteiger partial charge on any atom is -0.507 e. The highest BCUT2D eigenvalue weighted by atomic mass is 16.5. The summed E-state index contributed by atoms with van der Waals surface area (Å²) in [5, 5.41) is 10.2. The van der Waals surface area contributed by atoms with Gasteiger partial charge in [0.1, 0.15) is 17.3 Å². The second kappa shape index (κ2) is 3.91. The molecule has 1 aromatic rings. The van der Waals surface area contributed by atoms with Gasteiger partial charge in [0.15, 0.2) is 0 Å². The third-order valence-corrected chi connectivity index (χ3v) is 4.00. The van der Waals surface area contributed by atoms with Gasteiger partial charge in [-0.05, 0) is 44.4 Å². The maximum Gasteiger partial charge on any atom is 0.134 e. The van der Waals surface area contributed by atoms with E-state index in [9.17, 15) is 5.11 Å². The first kappa shape index (κ1) is 11.4. The molecule has 0 spiro atoms. The van der Waals surface area contributed by atoms with Crippen LogP contribution in [0.1, 0.15) is 36.8 Å². The van der Waals surface area contributed by atoms with Crippen LogP contribution >= 0.6 is 0 Å². The molecular weight excluding hydrogens is 224 g/mol. The predicted octanol–water partition coefficient (Wildman–Crippen LogP) is 4.05. The molecule has 0 saturated heterocycles. The molecule has 0 unspecified atom stereocenters. The van der Waals surface area contributed by atoms with Crippen LogP contribution in [0.4, 0.5) is 0 Å². The average Bonchev–Trinajstić information content (AvgIpc) is 2.27. The number of aryl methyl sites for hydroxylation is 1. The fourth-order valence-corrected chi connectivity index (χ4v) is 3.10. The minimum absolute atomic E-state index is 0.218. The van der Waals surface area contributed by atoms with E-state index in [-0.39, 0.29) is 5.92 Å². The summed E-state index contributed by atoms with van der Waals surface area (Å²) in [5.74, 6) is 2.47. The Balaban J connectivity index is 2.19. The predicted molar refractivity (Wildman–Crippen MR) is 71.8 cm³/mol. The summed E-state index contributed by atoms with van der Waals surface area (Å²) >= 11 is 0. The van der Waals surface area contributed by atoms with Crippen LogP contribution < -0.4 is 4.74 Å². The molecule has 0 saturated carbocycles. The van der Waals surface area contributed by atoms with Crippen molar-refractivity contribution in [1.29, 1.82) is 0 Å². The first-order chi connectivity index (χ1) is 8.56. The van der Waals surface area contributed by atoms with Crippen LogP contribution in [0.3, 0.4) is 0 Å². The number of rotatable bonds is 0. The van der Waals surface area contributed by atoms with Crippen molar-refractivity contribution in [3.8, 4) is 11.5 Å². The van der Waals surface area contributed by atoms with E-state index in [4.69, 9.17) is 4.74 Å².